The van der Waals surface area contributed by atoms with E-state index in [1.165, 1.54) is 6.07 Å². The predicted octanol–water partition coefficient (Wildman–Crippen LogP) is 5.71. The summed E-state index contributed by atoms with van der Waals surface area (Å²) in [6.45, 7) is 0. The highest BCUT2D eigenvalue weighted by Gasteiger charge is 2.30. The van der Waals surface area contributed by atoms with Crippen molar-refractivity contribution in [2.75, 3.05) is 0 Å². The van der Waals surface area contributed by atoms with Gasteiger partial charge < -0.3 is 9.67 Å². The molecule has 0 unspecified atom stereocenters. The van der Waals surface area contributed by atoms with Crippen molar-refractivity contribution in [2.45, 2.75) is 37.9 Å². The number of ketones is 1. The summed E-state index contributed by atoms with van der Waals surface area (Å²) in [6.07, 6.45) is 1.13. The number of benzene rings is 2. The Kier molecular flexibility index (Phi) is 4.68. The molecule has 150 valence electrons. The molecular formula is C22H18F3NO3. The lowest BCUT2D eigenvalue weighted by molar-refractivity contribution is -0.137. The van der Waals surface area contributed by atoms with Crippen LogP contribution in [-0.4, -0.2) is 21.4 Å². The average Bonchev–Trinajstić information content (AvgIpc) is 3.34. The second-order valence-electron chi connectivity index (χ2n) is 7.33. The zero-order valence-electron chi connectivity index (χ0n) is 15.4. The van der Waals surface area contributed by atoms with Crippen molar-refractivity contribution >= 4 is 22.7 Å². The van der Waals surface area contributed by atoms with Crippen molar-refractivity contribution < 1.29 is 27.9 Å². The first-order chi connectivity index (χ1) is 13.8. The normalized spacial score (nSPS) is 15.1. The summed E-state index contributed by atoms with van der Waals surface area (Å²) in [5.41, 5.74) is 0.863. The molecule has 0 spiro atoms. The smallest absolute Gasteiger partial charge is 0.416 e. The first-order valence-corrected chi connectivity index (χ1v) is 9.35. The van der Waals surface area contributed by atoms with Gasteiger partial charge in [0.05, 0.1) is 11.1 Å². The summed E-state index contributed by atoms with van der Waals surface area (Å²) in [6, 6.07) is 10.2. The number of carbonyl (C=O) groups excluding carboxylic acids is 1. The van der Waals surface area contributed by atoms with Crippen molar-refractivity contribution in [3.05, 3.63) is 59.8 Å². The third-order valence-electron chi connectivity index (χ3n) is 5.51. The van der Waals surface area contributed by atoms with E-state index in [-0.39, 0.29) is 11.6 Å². The third-order valence-corrected chi connectivity index (χ3v) is 5.51. The molecule has 1 saturated carbocycles. The molecule has 29 heavy (non-hydrogen) atoms. The molecule has 7 heteroatoms. The van der Waals surface area contributed by atoms with Gasteiger partial charge in [-0.3, -0.25) is 4.79 Å². The van der Waals surface area contributed by atoms with Gasteiger partial charge >= 0.3 is 12.1 Å². The lowest BCUT2D eigenvalue weighted by atomic mass is 9.99. The second kappa shape index (κ2) is 7.06. The fourth-order valence-electron chi connectivity index (χ4n) is 4.09. The number of fused-ring (bicyclic) bond motifs is 1. The van der Waals surface area contributed by atoms with Crippen LogP contribution in [0, 0.1) is 0 Å². The molecule has 4 rings (SSSR count). The number of hydrogen-bond donors (Lipinski definition) is 1. The molecule has 1 aliphatic carbocycles. The summed E-state index contributed by atoms with van der Waals surface area (Å²) in [4.78, 5) is 23.6. The number of aromatic nitrogens is 1. The van der Waals surface area contributed by atoms with Crippen LogP contribution in [0.2, 0.25) is 0 Å². The highest BCUT2D eigenvalue weighted by atomic mass is 19.4. The Hall–Kier alpha value is -3.09. The number of carbonyl (C=O) groups is 2. The molecule has 1 heterocycles. The number of alkyl halides is 3. The number of nitrogens with zero attached hydrogens (tertiary/aromatic N) is 1. The van der Waals surface area contributed by atoms with E-state index >= 15 is 0 Å². The molecule has 1 fully saturated rings. The van der Waals surface area contributed by atoms with Gasteiger partial charge in [-0.15, -0.1) is 0 Å². The average molecular weight is 401 g/mol. The van der Waals surface area contributed by atoms with Crippen molar-refractivity contribution in [1.29, 1.82) is 0 Å². The molecule has 1 aromatic heterocycles. The van der Waals surface area contributed by atoms with E-state index < -0.39 is 23.5 Å². The first-order valence-electron chi connectivity index (χ1n) is 9.35. The van der Waals surface area contributed by atoms with Crippen LogP contribution in [0.3, 0.4) is 0 Å². The fraction of sp³-hybridized carbons (Fsp3) is 0.273. The topological polar surface area (TPSA) is 59.3 Å². The number of halogens is 3. The van der Waals surface area contributed by atoms with Gasteiger partial charge in [-0.25, -0.2) is 4.79 Å². The lowest BCUT2D eigenvalue weighted by Crippen LogP contribution is -2.12. The molecular weight excluding hydrogens is 383 g/mol. The van der Waals surface area contributed by atoms with Crippen LogP contribution in [0.5, 0.6) is 0 Å². The van der Waals surface area contributed by atoms with Crippen LogP contribution >= 0.6 is 0 Å². The maximum Gasteiger partial charge on any atom is 0.416 e. The molecule has 0 amide bonds. The van der Waals surface area contributed by atoms with Crippen LogP contribution in [0.1, 0.15) is 47.6 Å². The third kappa shape index (κ3) is 3.52. The molecule has 0 aliphatic heterocycles. The van der Waals surface area contributed by atoms with Crippen LogP contribution in [-0.2, 0) is 11.0 Å². The largest absolute Gasteiger partial charge is 0.475 e. The summed E-state index contributed by atoms with van der Waals surface area (Å²) >= 11 is 0. The van der Waals surface area contributed by atoms with Crippen LogP contribution in [0.25, 0.3) is 22.0 Å². The standard InChI is InChI=1S/C22H18F3NO3/c23-22(24,25)15-5-3-4-13(10-15)14-8-9-19-17(11-14)18(20(27)21(28)29)12-26(19)16-6-1-2-7-16/h3-5,8-12,16H,1-2,6-7H2,(H,28,29). The Balaban J connectivity index is 1.87. The quantitative estimate of drug-likeness (QED) is 0.450. The van der Waals surface area contributed by atoms with E-state index in [1.54, 1.807) is 30.5 Å². The van der Waals surface area contributed by atoms with E-state index in [2.05, 4.69) is 0 Å². The molecule has 3 aromatic rings. The number of carboxylic acid groups (broad SMARTS) is 1. The summed E-state index contributed by atoms with van der Waals surface area (Å²) < 4.78 is 41.1. The minimum absolute atomic E-state index is 0.0632. The van der Waals surface area contributed by atoms with Gasteiger partial charge in [0.1, 0.15) is 0 Å². The Morgan fingerprint density at radius 1 is 1.00 bits per heavy atom. The summed E-state index contributed by atoms with van der Waals surface area (Å²) in [5.74, 6) is -2.58. The van der Waals surface area contributed by atoms with E-state index in [0.717, 1.165) is 43.3 Å². The monoisotopic (exact) mass is 401 g/mol. The number of rotatable bonds is 4. The zero-order valence-corrected chi connectivity index (χ0v) is 15.4. The minimum atomic E-state index is -4.46. The van der Waals surface area contributed by atoms with Gasteiger partial charge in [0.2, 0.25) is 0 Å². The van der Waals surface area contributed by atoms with E-state index in [1.807, 2.05) is 4.57 Å². The van der Waals surface area contributed by atoms with Gasteiger partial charge in [0, 0.05) is 23.1 Å². The van der Waals surface area contributed by atoms with E-state index in [9.17, 15) is 27.9 Å². The highest BCUT2D eigenvalue weighted by Crippen LogP contribution is 2.37. The fourth-order valence-corrected chi connectivity index (χ4v) is 4.09. The van der Waals surface area contributed by atoms with Crippen LogP contribution in [0.15, 0.2) is 48.7 Å². The van der Waals surface area contributed by atoms with Gasteiger partial charge in [-0.05, 0) is 48.2 Å². The molecule has 2 aromatic carbocycles. The molecule has 4 nitrogen and oxygen atoms in total. The Morgan fingerprint density at radius 2 is 1.69 bits per heavy atom. The van der Waals surface area contributed by atoms with Crippen molar-refractivity contribution in [1.82, 2.24) is 4.57 Å². The molecule has 1 N–H and O–H groups in total. The number of aliphatic carboxylic acids is 1. The van der Waals surface area contributed by atoms with E-state index in [4.69, 9.17) is 0 Å². The van der Waals surface area contributed by atoms with Gasteiger partial charge in [-0.2, -0.15) is 13.2 Å². The Morgan fingerprint density at radius 3 is 2.34 bits per heavy atom. The zero-order chi connectivity index (χ0) is 20.8. The molecule has 0 radical (unpaired) electrons. The maximum atomic E-state index is 13.1. The highest BCUT2D eigenvalue weighted by molar-refractivity contribution is 6.42. The number of hydrogen-bond acceptors (Lipinski definition) is 2. The van der Waals surface area contributed by atoms with Crippen molar-refractivity contribution in [3.8, 4) is 11.1 Å². The van der Waals surface area contributed by atoms with Gasteiger partial charge in [0.15, 0.2) is 0 Å². The maximum absolute atomic E-state index is 13.1. The summed E-state index contributed by atoms with van der Waals surface area (Å²) in [5, 5.41) is 9.64. The van der Waals surface area contributed by atoms with Crippen LogP contribution in [0.4, 0.5) is 13.2 Å². The SMILES string of the molecule is O=C(O)C(=O)c1cn(C2CCCC2)c2ccc(-c3cccc(C(F)(F)F)c3)cc12. The Labute approximate surface area is 164 Å². The van der Waals surface area contributed by atoms with E-state index in [0.29, 0.717) is 16.5 Å². The number of carboxylic acids is 1. The second-order valence-corrected chi connectivity index (χ2v) is 7.33. The van der Waals surface area contributed by atoms with Crippen molar-refractivity contribution in [3.63, 3.8) is 0 Å². The van der Waals surface area contributed by atoms with Gasteiger partial charge in [-0.1, -0.05) is 31.0 Å². The predicted molar refractivity (Wildman–Crippen MR) is 102 cm³/mol. The molecule has 1 aliphatic rings. The molecule has 0 bridgehead atoms. The minimum Gasteiger partial charge on any atom is -0.475 e. The summed E-state index contributed by atoms with van der Waals surface area (Å²) in [7, 11) is 0. The molecule has 0 saturated heterocycles. The first kappa shape index (κ1) is 19.2. The number of Topliss-reactive ketones (excluding diaryl/α,β-unsaturated/α-hetero) is 1. The Bertz CT molecular complexity index is 1110. The molecule has 0 atom stereocenters. The lowest BCUT2D eigenvalue weighted by Gasteiger charge is -2.13. The van der Waals surface area contributed by atoms with Crippen LogP contribution < -0.4 is 0 Å². The van der Waals surface area contributed by atoms with Gasteiger partial charge in [0.25, 0.3) is 5.78 Å². The van der Waals surface area contributed by atoms with Crippen molar-refractivity contribution in [2.24, 2.45) is 0 Å².